The van der Waals surface area contributed by atoms with E-state index in [2.05, 4.69) is 0 Å². The Bertz CT molecular complexity index is 996. The molecule has 188 valence electrons. The third kappa shape index (κ3) is 5.90. The van der Waals surface area contributed by atoms with Gasteiger partial charge >= 0.3 is 12.3 Å². The van der Waals surface area contributed by atoms with Gasteiger partial charge in [0.25, 0.3) is 5.91 Å². The quantitative estimate of drug-likeness (QED) is 0.618. The van der Waals surface area contributed by atoms with Crippen LogP contribution in [0.5, 0.6) is 0 Å². The highest BCUT2D eigenvalue weighted by Gasteiger charge is 2.37. The Labute approximate surface area is 198 Å². The lowest BCUT2D eigenvalue weighted by atomic mass is 9.86. The van der Waals surface area contributed by atoms with Gasteiger partial charge in [0.15, 0.2) is 0 Å². The fraction of sp³-hybridized carbons (Fsp3) is 0.542. The van der Waals surface area contributed by atoms with E-state index >= 15 is 0 Å². The van der Waals surface area contributed by atoms with E-state index in [1.807, 2.05) is 0 Å². The number of benzene rings is 1. The average molecular weight is 483 g/mol. The van der Waals surface area contributed by atoms with Gasteiger partial charge in [-0.2, -0.15) is 13.2 Å². The van der Waals surface area contributed by atoms with Crippen molar-refractivity contribution in [2.24, 2.45) is 5.73 Å². The Morgan fingerprint density at radius 1 is 1.09 bits per heavy atom. The highest BCUT2D eigenvalue weighted by atomic mass is 19.4. The van der Waals surface area contributed by atoms with E-state index in [1.165, 1.54) is 21.9 Å². The Kier molecular flexibility index (Phi) is 7.28. The maximum Gasteiger partial charge on any atom is 0.416 e. The molecular formula is C24H33F3N4O3. The summed E-state index contributed by atoms with van der Waals surface area (Å²) >= 11 is 0. The monoisotopic (exact) mass is 482 g/mol. The van der Waals surface area contributed by atoms with E-state index < -0.39 is 29.3 Å². The zero-order chi connectivity index (χ0) is 25.3. The molecule has 3 N–H and O–H groups in total. The predicted molar refractivity (Wildman–Crippen MR) is 123 cm³/mol. The topological polar surface area (TPSA) is 99.7 Å². The molecule has 2 aliphatic rings. The number of alkyl halides is 3. The van der Waals surface area contributed by atoms with Crippen molar-refractivity contribution in [2.75, 3.05) is 26.2 Å². The first-order valence-corrected chi connectivity index (χ1v) is 11.3. The highest BCUT2D eigenvalue weighted by Crippen LogP contribution is 2.38. The first-order chi connectivity index (χ1) is 15.8. The van der Waals surface area contributed by atoms with Crippen molar-refractivity contribution in [3.63, 3.8) is 0 Å². The van der Waals surface area contributed by atoms with Crippen LogP contribution in [-0.4, -0.2) is 59.3 Å². The van der Waals surface area contributed by atoms with Gasteiger partial charge in [-0.3, -0.25) is 10.2 Å². The summed E-state index contributed by atoms with van der Waals surface area (Å²) in [6, 6.07) is 5.55. The van der Waals surface area contributed by atoms with Crippen LogP contribution in [0.1, 0.15) is 58.5 Å². The second kappa shape index (κ2) is 9.68. The SMILES string of the molecule is CC(C)(C)OC(=O)N1CCC(C(=N)C(=O)N2CCC(c3ccccc3C(F)(F)F)CC2)=C(N)C1.[HH]. The van der Waals surface area contributed by atoms with E-state index in [9.17, 15) is 22.8 Å². The molecule has 1 saturated heterocycles. The van der Waals surface area contributed by atoms with Crippen LogP contribution in [0.4, 0.5) is 18.0 Å². The van der Waals surface area contributed by atoms with Crippen LogP contribution in [0.2, 0.25) is 0 Å². The third-order valence-electron chi connectivity index (χ3n) is 6.04. The van der Waals surface area contributed by atoms with Crippen LogP contribution < -0.4 is 5.73 Å². The zero-order valence-electron chi connectivity index (χ0n) is 19.7. The van der Waals surface area contributed by atoms with Gasteiger partial charge in [-0.25, -0.2) is 4.79 Å². The maximum atomic E-state index is 13.4. The number of nitrogens with zero attached hydrogens (tertiary/aromatic N) is 2. The number of nitrogens with one attached hydrogen (secondary N) is 1. The minimum atomic E-state index is -4.43. The Morgan fingerprint density at radius 3 is 2.26 bits per heavy atom. The fourth-order valence-electron chi connectivity index (χ4n) is 4.35. The molecule has 1 aromatic carbocycles. The van der Waals surface area contributed by atoms with Crippen molar-refractivity contribution in [1.29, 1.82) is 5.41 Å². The van der Waals surface area contributed by atoms with Crippen molar-refractivity contribution in [1.82, 2.24) is 9.80 Å². The van der Waals surface area contributed by atoms with E-state index in [0.717, 1.165) is 6.07 Å². The lowest BCUT2D eigenvalue weighted by molar-refractivity contribution is -0.138. The van der Waals surface area contributed by atoms with Gasteiger partial charge < -0.3 is 20.3 Å². The normalized spacial score (nSPS) is 18.2. The molecule has 0 atom stereocenters. The molecule has 3 rings (SSSR count). The molecule has 0 spiro atoms. The molecule has 2 heterocycles. The first kappa shape index (κ1) is 25.6. The molecular weight excluding hydrogens is 449 g/mol. The van der Waals surface area contributed by atoms with Crippen molar-refractivity contribution in [3.8, 4) is 0 Å². The largest absolute Gasteiger partial charge is 0.444 e. The summed E-state index contributed by atoms with van der Waals surface area (Å²) < 4.78 is 45.5. The second-order valence-electron chi connectivity index (χ2n) is 9.68. The van der Waals surface area contributed by atoms with Gasteiger partial charge in [-0.15, -0.1) is 0 Å². The number of rotatable bonds is 3. The molecule has 34 heavy (non-hydrogen) atoms. The number of hydrogen-bond acceptors (Lipinski definition) is 5. The van der Waals surface area contributed by atoms with E-state index in [4.69, 9.17) is 15.9 Å². The van der Waals surface area contributed by atoms with Crippen molar-refractivity contribution >= 4 is 17.7 Å². The number of carbonyl (C=O) groups excluding carboxylic acids is 2. The van der Waals surface area contributed by atoms with Crippen molar-refractivity contribution < 1.29 is 28.9 Å². The summed E-state index contributed by atoms with van der Waals surface area (Å²) in [6.45, 7) is 6.15. The maximum absolute atomic E-state index is 13.4. The summed E-state index contributed by atoms with van der Waals surface area (Å²) in [7, 11) is 0. The summed E-state index contributed by atoms with van der Waals surface area (Å²) in [5, 5.41) is 8.39. The lowest BCUT2D eigenvalue weighted by Gasteiger charge is -2.35. The van der Waals surface area contributed by atoms with Gasteiger partial charge in [0.2, 0.25) is 0 Å². The molecule has 0 saturated carbocycles. The number of ether oxygens (including phenoxy) is 1. The number of hydrogen-bond donors (Lipinski definition) is 2. The summed E-state index contributed by atoms with van der Waals surface area (Å²) in [5.41, 5.74) is 5.51. The molecule has 0 radical (unpaired) electrons. The van der Waals surface area contributed by atoms with Gasteiger partial charge in [0.05, 0.1) is 12.1 Å². The smallest absolute Gasteiger partial charge is 0.416 e. The van der Waals surface area contributed by atoms with Crippen molar-refractivity contribution in [3.05, 3.63) is 46.7 Å². The average Bonchev–Trinajstić information content (AvgIpc) is 2.76. The molecule has 1 fully saturated rings. The molecule has 2 amide bonds. The predicted octanol–water partition coefficient (Wildman–Crippen LogP) is 4.53. The van der Waals surface area contributed by atoms with Gasteiger partial charge in [0.1, 0.15) is 11.3 Å². The van der Waals surface area contributed by atoms with Gasteiger partial charge in [0, 0.05) is 32.3 Å². The molecule has 0 aromatic heterocycles. The first-order valence-electron chi connectivity index (χ1n) is 11.3. The third-order valence-corrected chi connectivity index (χ3v) is 6.04. The molecule has 2 aliphatic heterocycles. The Morgan fingerprint density at radius 2 is 1.71 bits per heavy atom. The molecule has 0 aliphatic carbocycles. The minimum absolute atomic E-state index is 0. The highest BCUT2D eigenvalue weighted by molar-refractivity contribution is 6.44. The van der Waals surface area contributed by atoms with Gasteiger partial charge in [-0.1, -0.05) is 18.2 Å². The van der Waals surface area contributed by atoms with Crippen LogP contribution in [0, 0.1) is 5.41 Å². The van der Waals surface area contributed by atoms with E-state index in [0.29, 0.717) is 18.4 Å². The molecule has 0 bridgehead atoms. The summed E-state index contributed by atoms with van der Waals surface area (Å²) in [5.74, 6) is -0.802. The number of amides is 2. The number of piperidine rings is 1. The molecule has 1 aromatic rings. The van der Waals surface area contributed by atoms with E-state index in [1.54, 1.807) is 26.8 Å². The van der Waals surface area contributed by atoms with Crippen LogP contribution in [0.3, 0.4) is 0 Å². The fourth-order valence-corrected chi connectivity index (χ4v) is 4.35. The van der Waals surface area contributed by atoms with Gasteiger partial charge in [-0.05, 0) is 57.6 Å². The number of likely N-dealkylation sites (tertiary alicyclic amines) is 1. The summed E-state index contributed by atoms with van der Waals surface area (Å²) in [6.07, 6.45) is -3.91. The second-order valence-corrected chi connectivity index (χ2v) is 9.68. The Balaban J connectivity index is 0.00000432. The summed E-state index contributed by atoms with van der Waals surface area (Å²) in [4.78, 5) is 28.2. The van der Waals surface area contributed by atoms with Crippen LogP contribution in [-0.2, 0) is 15.7 Å². The lowest BCUT2D eigenvalue weighted by Crippen LogP contribution is -2.46. The number of halogens is 3. The molecule has 7 nitrogen and oxygen atoms in total. The van der Waals surface area contributed by atoms with E-state index in [-0.39, 0.29) is 56.9 Å². The standard InChI is InChI=1S/C24H31F3N4O3.H2/c1-23(2,3)34-22(33)31-13-10-17(19(28)14-31)20(29)21(32)30-11-8-15(9-12-30)16-6-4-5-7-18(16)24(25,26)27;/h4-7,15,29H,8-14,28H2,1-3H3;1H. The van der Waals surface area contributed by atoms with Crippen LogP contribution >= 0.6 is 0 Å². The molecule has 0 unspecified atom stereocenters. The number of carbonyl (C=O) groups is 2. The van der Waals surface area contributed by atoms with Crippen LogP contribution in [0.15, 0.2) is 35.5 Å². The van der Waals surface area contributed by atoms with Crippen LogP contribution in [0.25, 0.3) is 0 Å². The van der Waals surface area contributed by atoms with Crippen molar-refractivity contribution in [2.45, 2.75) is 57.7 Å². The number of nitrogens with two attached hydrogens (primary N) is 1. The Hall–Kier alpha value is -3.04. The minimum Gasteiger partial charge on any atom is -0.444 e. The molecule has 10 heteroatoms. The zero-order valence-corrected chi connectivity index (χ0v) is 19.7.